The highest BCUT2D eigenvalue weighted by Gasteiger charge is 2.49. The monoisotopic (exact) mass is 418 g/mol. The molecule has 3 N–H and O–H groups in total. The number of rotatable bonds is 3. The molecule has 0 aliphatic carbocycles. The highest BCUT2D eigenvalue weighted by Crippen LogP contribution is 2.47. The van der Waals surface area contributed by atoms with E-state index in [1.807, 2.05) is 16.1 Å². The van der Waals surface area contributed by atoms with E-state index in [4.69, 9.17) is 20.4 Å². The predicted octanol–water partition coefficient (Wildman–Crippen LogP) is 2.22. The number of nitrogens with one attached hydrogen (secondary N) is 1. The summed E-state index contributed by atoms with van der Waals surface area (Å²) in [4.78, 5) is 22.1. The Balaban J connectivity index is 1.39. The molecule has 3 atom stereocenters. The Bertz CT molecular complexity index is 932. The van der Waals surface area contributed by atoms with Crippen LogP contribution in [0.25, 0.3) is 0 Å². The van der Waals surface area contributed by atoms with E-state index in [2.05, 4.69) is 17.3 Å². The summed E-state index contributed by atoms with van der Waals surface area (Å²) in [5, 5.41) is 10.5. The number of thiazole rings is 1. The molecular weight excluding hydrogens is 396 g/mol. The van der Waals surface area contributed by atoms with Crippen LogP contribution in [0.5, 0.6) is 0 Å². The van der Waals surface area contributed by atoms with Gasteiger partial charge in [0, 0.05) is 29.3 Å². The van der Waals surface area contributed by atoms with Gasteiger partial charge < -0.3 is 15.8 Å². The molecule has 1 amide bonds. The molecule has 10 heteroatoms. The van der Waals surface area contributed by atoms with Gasteiger partial charge in [-0.15, -0.1) is 11.3 Å². The maximum absolute atomic E-state index is 12.6. The molecule has 148 valence electrons. The molecule has 0 spiro atoms. The second-order valence-electron chi connectivity index (χ2n) is 7.58. The number of aromatic nitrogens is 3. The summed E-state index contributed by atoms with van der Waals surface area (Å²) in [5.74, 6) is 1.52. The minimum Gasteiger partial charge on any atom is -0.379 e. The topological polar surface area (TPSA) is 107 Å². The zero-order valence-corrected chi connectivity index (χ0v) is 17.2. The van der Waals surface area contributed by atoms with Gasteiger partial charge in [0.1, 0.15) is 16.4 Å². The molecular formula is C18H22N6O2S2. The Morgan fingerprint density at radius 1 is 1.50 bits per heavy atom. The molecule has 0 bridgehead atoms. The van der Waals surface area contributed by atoms with Crippen molar-refractivity contribution in [2.45, 2.75) is 44.4 Å². The van der Waals surface area contributed by atoms with Gasteiger partial charge in [-0.2, -0.15) is 5.10 Å². The molecule has 3 aliphatic rings. The molecule has 1 saturated heterocycles. The van der Waals surface area contributed by atoms with Crippen molar-refractivity contribution in [1.29, 1.82) is 0 Å². The van der Waals surface area contributed by atoms with Crippen LogP contribution >= 0.6 is 23.1 Å². The van der Waals surface area contributed by atoms with E-state index in [1.165, 1.54) is 11.3 Å². The fourth-order valence-corrected chi connectivity index (χ4v) is 6.13. The number of hydrogen-bond acceptors (Lipinski definition) is 8. The lowest BCUT2D eigenvalue weighted by Crippen LogP contribution is -2.49. The molecule has 8 nitrogen and oxygen atoms in total. The second kappa shape index (κ2) is 6.85. The van der Waals surface area contributed by atoms with Crippen molar-refractivity contribution in [3.05, 3.63) is 27.8 Å². The van der Waals surface area contributed by atoms with Gasteiger partial charge >= 0.3 is 0 Å². The van der Waals surface area contributed by atoms with Crippen LogP contribution < -0.4 is 11.1 Å². The van der Waals surface area contributed by atoms with Gasteiger partial charge in [0.05, 0.1) is 12.7 Å². The molecule has 1 fully saturated rings. The summed E-state index contributed by atoms with van der Waals surface area (Å²) in [6.07, 6.45) is 3.19. The number of nitrogens with two attached hydrogens (primary N) is 1. The summed E-state index contributed by atoms with van der Waals surface area (Å²) in [6.45, 7) is 3.43. The molecule has 2 aromatic heterocycles. The molecule has 5 rings (SSSR count). The van der Waals surface area contributed by atoms with Crippen molar-refractivity contribution in [3.63, 3.8) is 0 Å². The normalized spacial score (nSPS) is 29.1. The summed E-state index contributed by atoms with van der Waals surface area (Å²) < 4.78 is 7.85. The van der Waals surface area contributed by atoms with Crippen molar-refractivity contribution < 1.29 is 9.53 Å². The minimum atomic E-state index is -0.551. The number of amides is 1. The molecule has 2 aromatic rings. The van der Waals surface area contributed by atoms with E-state index in [0.29, 0.717) is 29.2 Å². The van der Waals surface area contributed by atoms with E-state index >= 15 is 0 Å². The van der Waals surface area contributed by atoms with Crippen LogP contribution in [-0.2, 0) is 23.2 Å². The van der Waals surface area contributed by atoms with Crippen LogP contribution in [0.3, 0.4) is 0 Å². The predicted molar refractivity (Wildman–Crippen MR) is 110 cm³/mol. The van der Waals surface area contributed by atoms with Crippen molar-refractivity contribution in [3.8, 4) is 0 Å². The number of hydrogen-bond donors (Lipinski definition) is 2. The lowest BCUT2D eigenvalue weighted by molar-refractivity contribution is -0.0466. The number of aliphatic imine (C=N–C) groups is 1. The summed E-state index contributed by atoms with van der Waals surface area (Å²) in [7, 11) is 0. The van der Waals surface area contributed by atoms with Gasteiger partial charge in [0.15, 0.2) is 10.9 Å². The van der Waals surface area contributed by atoms with Crippen LogP contribution in [0, 0.1) is 5.92 Å². The Morgan fingerprint density at radius 3 is 3.25 bits per heavy atom. The van der Waals surface area contributed by atoms with Gasteiger partial charge in [-0.05, 0) is 32.3 Å². The van der Waals surface area contributed by atoms with Gasteiger partial charge in [0.25, 0.3) is 5.91 Å². The number of ether oxygens (including phenoxy) is 1. The van der Waals surface area contributed by atoms with Crippen molar-refractivity contribution in [2.24, 2.45) is 16.6 Å². The van der Waals surface area contributed by atoms with Gasteiger partial charge in [-0.1, -0.05) is 11.8 Å². The van der Waals surface area contributed by atoms with Crippen molar-refractivity contribution in [2.75, 3.05) is 17.7 Å². The van der Waals surface area contributed by atoms with E-state index in [1.54, 1.807) is 11.8 Å². The van der Waals surface area contributed by atoms with E-state index < -0.39 is 5.54 Å². The Morgan fingerprint density at radius 2 is 2.39 bits per heavy atom. The minimum absolute atomic E-state index is 0.204. The summed E-state index contributed by atoms with van der Waals surface area (Å²) in [6, 6.07) is 1.87. The van der Waals surface area contributed by atoms with Gasteiger partial charge in [-0.25, -0.2) is 9.98 Å². The summed E-state index contributed by atoms with van der Waals surface area (Å²) >= 11 is 3.09. The number of carbonyl (C=O) groups excluding carboxylic acids is 1. The van der Waals surface area contributed by atoms with Crippen LogP contribution in [0.15, 0.2) is 16.4 Å². The van der Waals surface area contributed by atoms with E-state index in [0.717, 1.165) is 42.3 Å². The molecule has 3 unspecified atom stereocenters. The van der Waals surface area contributed by atoms with Gasteiger partial charge in [0.2, 0.25) is 0 Å². The number of anilines is 1. The first-order valence-corrected chi connectivity index (χ1v) is 11.3. The molecule has 0 saturated carbocycles. The third kappa shape index (κ3) is 3.03. The average molecular weight is 419 g/mol. The number of nitrogens with zero attached hydrogens (tertiary/aromatic N) is 4. The van der Waals surface area contributed by atoms with Crippen LogP contribution in [0.4, 0.5) is 5.82 Å². The lowest BCUT2D eigenvalue weighted by Gasteiger charge is -2.44. The van der Waals surface area contributed by atoms with E-state index in [9.17, 15) is 4.79 Å². The van der Waals surface area contributed by atoms with Crippen LogP contribution in [0.1, 0.15) is 41.0 Å². The Kier molecular flexibility index (Phi) is 4.44. The quantitative estimate of drug-likeness (QED) is 0.791. The molecule has 5 heterocycles. The standard InChI is InChI=1S/C18H22N6O2S2/c1-10-5-11-7-28-17(19)22-18(11,9-26-10)16-21-14(8-27-16)20-15(25)13-6-12-3-2-4-24(12)23-13/h6,8,10-11H,2-5,7,9H2,1H3,(H2,19,22)(H,20,25). The third-order valence-electron chi connectivity index (χ3n) is 5.64. The number of carbonyl (C=O) groups is 1. The average Bonchev–Trinajstić information content (AvgIpc) is 3.37. The zero-order chi connectivity index (χ0) is 19.3. The lowest BCUT2D eigenvalue weighted by atomic mass is 9.80. The van der Waals surface area contributed by atoms with Crippen LogP contribution in [0.2, 0.25) is 0 Å². The SMILES string of the molecule is CC1CC2CSC(N)=NC2(c2nc(NC(=O)c3cc4n(n3)CCC4)cs2)CO1. The zero-order valence-electron chi connectivity index (χ0n) is 15.6. The largest absolute Gasteiger partial charge is 0.379 e. The smallest absolute Gasteiger partial charge is 0.277 e. The number of thioether (sulfide) groups is 1. The molecule has 0 aromatic carbocycles. The maximum atomic E-state index is 12.6. The van der Waals surface area contributed by atoms with Crippen molar-refractivity contribution >= 4 is 40.0 Å². The second-order valence-corrected chi connectivity index (χ2v) is 9.48. The van der Waals surface area contributed by atoms with Crippen molar-refractivity contribution in [1.82, 2.24) is 14.8 Å². The fraction of sp³-hybridized carbons (Fsp3) is 0.556. The molecule has 28 heavy (non-hydrogen) atoms. The Labute approximate surface area is 171 Å². The highest BCUT2D eigenvalue weighted by molar-refractivity contribution is 8.13. The Hall–Kier alpha value is -1.91. The molecule has 3 aliphatic heterocycles. The number of aryl methyl sites for hydroxylation is 2. The summed E-state index contributed by atoms with van der Waals surface area (Å²) in [5.41, 5.74) is 7.05. The fourth-order valence-electron chi connectivity index (χ4n) is 4.16. The van der Waals surface area contributed by atoms with Crippen LogP contribution in [-0.4, -0.2) is 44.3 Å². The number of fused-ring (bicyclic) bond motifs is 2. The first-order chi connectivity index (χ1) is 13.5. The maximum Gasteiger partial charge on any atom is 0.277 e. The third-order valence-corrected chi connectivity index (χ3v) is 7.60. The first-order valence-electron chi connectivity index (χ1n) is 9.47. The number of amidine groups is 1. The highest BCUT2D eigenvalue weighted by atomic mass is 32.2. The van der Waals surface area contributed by atoms with Gasteiger partial charge in [-0.3, -0.25) is 9.48 Å². The first kappa shape index (κ1) is 18.1. The van der Waals surface area contributed by atoms with E-state index in [-0.39, 0.29) is 12.0 Å². The molecule has 0 radical (unpaired) electrons.